The molecule has 0 aromatic heterocycles. The fraction of sp³-hybridized carbons (Fsp3) is 0.417. The smallest absolute Gasteiger partial charge is 0.337 e. The molecule has 0 fully saturated rings. The first-order valence-electron chi connectivity index (χ1n) is 5.37. The van der Waals surface area contributed by atoms with E-state index in [4.69, 9.17) is 10.5 Å². The van der Waals surface area contributed by atoms with Gasteiger partial charge in [0.15, 0.2) is 0 Å². The number of rotatable bonds is 6. The minimum absolute atomic E-state index is 0.391. The molecule has 0 unspecified atom stereocenters. The first kappa shape index (κ1) is 13.7. The zero-order chi connectivity index (χ0) is 12.7. The standard InChI is InChI=1S/C12H17NO3S/c1-3-17-7-6-16-11-8-9(12(14)15-2)4-5-10(11)13/h4-5,8H,3,6-7,13H2,1-2H3. The fourth-order valence-electron chi connectivity index (χ4n) is 1.26. The molecule has 0 atom stereocenters. The number of benzene rings is 1. The molecule has 1 rings (SSSR count). The Morgan fingerprint density at radius 3 is 2.88 bits per heavy atom. The van der Waals surface area contributed by atoms with Crippen LogP contribution in [0.5, 0.6) is 5.75 Å². The van der Waals surface area contributed by atoms with Crippen LogP contribution in [0.3, 0.4) is 0 Å². The molecule has 0 aliphatic carbocycles. The van der Waals surface area contributed by atoms with Crippen LogP contribution in [0.25, 0.3) is 0 Å². The van der Waals surface area contributed by atoms with Gasteiger partial charge in [0.05, 0.1) is 25.0 Å². The molecule has 0 amide bonds. The van der Waals surface area contributed by atoms with E-state index < -0.39 is 5.97 Å². The quantitative estimate of drug-likeness (QED) is 0.479. The topological polar surface area (TPSA) is 61.5 Å². The number of anilines is 1. The summed E-state index contributed by atoms with van der Waals surface area (Å²) in [5.41, 5.74) is 6.73. The van der Waals surface area contributed by atoms with E-state index in [9.17, 15) is 4.79 Å². The Hall–Kier alpha value is -1.36. The Morgan fingerprint density at radius 2 is 2.24 bits per heavy atom. The van der Waals surface area contributed by atoms with Gasteiger partial charge in [0.25, 0.3) is 0 Å². The monoisotopic (exact) mass is 255 g/mol. The van der Waals surface area contributed by atoms with E-state index in [2.05, 4.69) is 11.7 Å². The highest BCUT2D eigenvalue weighted by atomic mass is 32.2. The molecule has 5 heteroatoms. The van der Waals surface area contributed by atoms with E-state index in [0.717, 1.165) is 11.5 Å². The van der Waals surface area contributed by atoms with Gasteiger partial charge in [-0.25, -0.2) is 4.79 Å². The number of methoxy groups -OCH3 is 1. The Kier molecular flexibility index (Phi) is 5.69. The van der Waals surface area contributed by atoms with Crippen molar-refractivity contribution in [1.29, 1.82) is 0 Å². The van der Waals surface area contributed by atoms with E-state index in [1.54, 1.807) is 30.0 Å². The second-order valence-electron chi connectivity index (χ2n) is 3.29. The maximum atomic E-state index is 11.3. The van der Waals surface area contributed by atoms with Crippen molar-refractivity contribution in [2.24, 2.45) is 0 Å². The van der Waals surface area contributed by atoms with Gasteiger partial charge in [0.2, 0.25) is 0 Å². The highest BCUT2D eigenvalue weighted by Gasteiger charge is 2.09. The predicted octanol–water partition coefficient (Wildman–Crippen LogP) is 2.19. The first-order valence-corrected chi connectivity index (χ1v) is 6.53. The van der Waals surface area contributed by atoms with E-state index >= 15 is 0 Å². The van der Waals surface area contributed by atoms with Gasteiger partial charge >= 0.3 is 5.97 Å². The fourth-order valence-corrected chi connectivity index (χ4v) is 1.75. The molecule has 94 valence electrons. The van der Waals surface area contributed by atoms with Crippen molar-refractivity contribution in [3.05, 3.63) is 23.8 Å². The van der Waals surface area contributed by atoms with E-state index in [1.165, 1.54) is 7.11 Å². The summed E-state index contributed by atoms with van der Waals surface area (Å²) < 4.78 is 10.2. The van der Waals surface area contributed by atoms with E-state index in [0.29, 0.717) is 23.6 Å². The normalized spacial score (nSPS) is 10.0. The molecule has 2 N–H and O–H groups in total. The number of nitrogens with two attached hydrogens (primary N) is 1. The van der Waals surface area contributed by atoms with Crippen LogP contribution >= 0.6 is 11.8 Å². The van der Waals surface area contributed by atoms with Gasteiger partial charge in [-0.3, -0.25) is 0 Å². The summed E-state index contributed by atoms with van der Waals surface area (Å²) >= 11 is 1.79. The average molecular weight is 255 g/mol. The maximum Gasteiger partial charge on any atom is 0.337 e. The van der Waals surface area contributed by atoms with Gasteiger partial charge in [-0.15, -0.1) is 0 Å². The van der Waals surface area contributed by atoms with Crippen LogP contribution in [-0.2, 0) is 4.74 Å². The molecule has 1 aromatic rings. The molecular formula is C12H17NO3S. The third-order valence-corrected chi connectivity index (χ3v) is 2.99. The summed E-state index contributed by atoms with van der Waals surface area (Å²) in [6.45, 7) is 2.67. The molecule has 1 aromatic carbocycles. The highest BCUT2D eigenvalue weighted by molar-refractivity contribution is 7.99. The van der Waals surface area contributed by atoms with Gasteiger partial charge < -0.3 is 15.2 Å². The zero-order valence-corrected chi connectivity index (χ0v) is 10.9. The minimum atomic E-state index is -0.391. The number of carbonyl (C=O) groups excluding carboxylic acids is 1. The van der Waals surface area contributed by atoms with Gasteiger partial charge in [0, 0.05) is 5.75 Å². The van der Waals surface area contributed by atoms with Crippen molar-refractivity contribution in [3.63, 3.8) is 0 Å². The summed E-state index contributed by atoms with van der Waals surface area (Å²) in [5, 5.41) is 0. The van der Waals surface area contributed by atoms with Gasteiger partial charge in [-0.1, -0.05) is 6.92 Å². The van der Waals surface area contributed by atoms with Crippen LogP contribution in [-0.4, -0.2) is 31.2 Å². The molecule has 0 aliphatic rings. The van der Waals surface area contributed by atoms with E-state index in [1.807, 2.05) is 0 Å². The maximum absolute atomic E-state index is 11.3. The molecule has 0 bridgehead atoms. The second kappa shape index (κ2) is 7.06. The minimum Gasteiger partial charge on any atom is -0.491 e. The summed E-state index contributed by atoms with van der Waals surface area (Å²) in [5.74, 6) is 2.10. The average Bonchev–Trinajstić information content (AvgIpc) is 2.35. The predicted molar refractivity (Wildman–Crippen MR) is 70.7 cm³/mol. The number of ether oxygens (including phenoxy) is 2. The molecule has 0 heterocycles. The molecule has 0 aliphatic heterocycles. The largest absolute Gasteiger partial charge is 0.491 e. The Labute approximate surface area is 105 Å². The van der Waals surface area contributed by atoms with Crippen molar-refractivity contribution in [2.75, 3.05) is 31.0 Å². The van der Waals surface area contributed by atoms with Gasteiger partial charge in [-0.2, -0.15) is 11.8 Å². The summed E-state index contributed by atoms with van der Waals surface area (Å²) in [4.78, 5) is 11.3. The van der Waals surface area contributed by atoms with Crippen LogP contribution in [0.1, 0.15) is 17.3 Å². The Bertz CT molecular complexity index is 382. The molecular weight excluding hydrogens is 238 g/mol. The van der Waals surface area contributed by atoms with Crippen LogP contribution in [0.2, 0.25) is 0 Å². The van der Waals surface area contributed by atoms with Crippen LogP contribution < -0.4 is 10.5 Å². The molecule has 0 radical (unpaired) electrons. The highest BCUT2D eigenvalue weighted by Crippen LogP contribution is 2.23. The van der Waals surface area contributed by atoms with Gasteiger partial charge in [-0.05, 0) is 24.0 Å². The third kappa shape index (κ3) is 4.19. The number of hydrogen-bond acceptors (Lipinski definition) is 5. The number of thioether (sulfide) groups is 1. The van der Waals surface area contributed by atoms with Crippen molar-refractivity contribution in [1.82, 2.24) is 0 Å². The zero-order valence-electron chi connectivity index (χ0n) is 10.1. The molecule has 17 heavy (non-hydrogen) atoms. The summed E-state index contributed by atoms with van der Waals surface area (Å²) in [6, 6.07) is 4.88. The van der Waals surface area contributed by atoms with Crippen molar-refractivity contribution < 1.29 is 14.3 Å². The van der Waals surface area contributed by atoms with Crippen LogP contribution in [0.4, 0.5) is 5.69 Å². The Morgan fingerprint density at radius 1 is 1.47 bits per heavy atom. The van der Waals surface area contributed by atoms with Crippen molar-refractivity contribution >= 4 is 23.4 Å². The summed E-state index contributed by atoms with van der Waals surface area (Å²) in [6.07, 6.45) is 0. The third-order valence-electron chi connectivity index (χ3n) is 2.12. The van der Waals surface area contributed by atoms with Crippen LogP contribution in [0.15, 0.2) is 18.2 Å². The summed E-state index contributed by atoms with van der Waals surface area (Å²) in [7, 11) is 1.34. The van der Waals surface area contributed by atoms with Crippen LogP contribution in [0, 0.1) is 0 Å². The van der Waals surface area contributed by atoms with E-state index in [-0.39, 0.29) is 0 Å². The lowest BCUT2D eigenvalue weighted by Gasteiger charge is -2.09. The van der Waals surface area contributed by atoms with Crippen molar-refractivity contribution in [3.8, 4) is 5.75 Å². The second-order valence-corrected chi connectivity index (χ2v) is 4.68. The molecule has 0 saturated carbocycles. The van der Waals surface area contributed by atoms with Crippen molar-refractivity contribution in [2.45, 2.75) is 6.92 Å². The SMILES string of the molecule is CCSCCOc1cc(C(=O)OC)ccc1N. The lowest BCUT2D eigenvalue weighted by atomic mass is 10.2. The molecule has 0 saturated heterocycles. The lowest BCUT2D eigenvalue weighted by molar-refractivity contribution is 0.0600. The molecule has 0 spiro atoms. The number of carbonyl (C=O) groups is 1. The number of esters is 1. The number of nitrogen functional groups attached to an aromatic ring is 1. The Balaban J connectivity index is 2.66. The number of hydrogen-bond donors (Lipinski definition) is 1. The van der Waals surface area contributed by atoms with Gasteiger partial charge in [0.1, 0.15) is 5.75 Å². The lowest BCUT2D eigenvalue weighted by Crippen LogP contribution is -2.06. The first-order chi connectivity index (χ1) is 8.19. The molecule has 4 nitrogen and oxygen atoms in total.